The molecule has 4 rings (SSSR count). The molecule has 170 valence electrons. The molecule has 9 heteroatoms. The molecule has 1 aromatic heterocycles. The highest BCUT2D eigenvalue weighted by Crippen LogP contribution is 2.30. The smallest absolute Gasteiger partial charge is 0.325 e. The van der Waals surface area contributed by atoms with Gasteiger partial charge in [-0.15, -0.1) is 0 Å². The lowest BCUT2D eigenvalue weighted by atomic mass is 9.92. The number of rotatable bonds is 7. The van der Waals surface area contributed by atoms with E-state index in [9.17, 15) is 14.4 Å². The summed E-state index contributed by atoms with van der Waals surface area (Å²) in [6.07, 6.45) is 0. The molecule has 1 aliphatic rings. The number of carbonyl (C=O) groups excluding carboxylic acids is 3. The van der Waals surface area contributed by atoms with Crippen LogP contribution in [0.15, 0.2) is 65.1 Å². The number of carbonyl (C=O) groups is 3. The number of nitrogens with one attached hydrogen (secondary N) is 2. The number of hydrogen-bond acceptors (Lipinski definition) is 5. The van der Waals surface area contributed by atoms with Gasteiger partial charge in [-0.05, 0) is 61.0 Å². The van der Waals surface area contributed by atoms with Crippen molar-refractivity contribution in [2.24, 2.45) is 0 Å². The molecule has 1 atom stereocenters. The van der Waals surface area contributed by atoms with Crippen LogP contribution in [0.3, 0.4) is 0 Å². The Bertz CT molecular complexity index is 1190. The summed E-state index contributed by atoms with van der Waals surface area (Å²) in [5.74, 6) is 0.819. The second kappa shape index (κ2) is 8.99. The van der Waals surface area contributed by atoms with Gasteiger partial charge in [0.05, 0.1) is 13.7 Å². The maximum absolute atomic E-state index is 13.0. The van der Waals surface area contributed by atoms with Crippen LogP contribution in [0.25, 0.3) is 11.3 Å². The molecule has 1 aliphatic heterocycles. The maximum Gasteiger partial charge on any atom is 0.325 e. The molecule has 4 amide bonds. The number of halogens is 1. The Morgan fingerprint density at radius 3 is 2.45 bits per heavy atom. The van der Waals surface area contributed by atoms with Crippen LogP contribution in [-0.2, 0) is 21.7 Å². The molecule has 8 nitrogen and oxygen atoms in total. The highest BCUT2D eigenvalue weighted by molar-refractivity contribution is 6.30. The van der Waals surface area contributed by atoms with Crippen molar-refractivity contribution in [2.75, 3.05) is 13.7 Å². The van der Waals surface area contributed by atoms with Crippen molar-refractivity contribution in [1.29, 1.82) is 0 Å². The monoisotopic (exact) mass is 467 g/mol. The first-order valence-corrected chi connectivity index (χ1v) is 10.6. The number of urea groups is 1. The molecule has 3 aromatic rings. The molecule has 33 heavy (non-hydrogen) atoms. The number of nitrogens with zero attached hydrogens (tertiary/aromatic N) is 1. The molecule has 0 spiro atoms. The van der Waals surface area contributed by atoms with E-state index in [1.54, 1.807) is 62.6 Å². The first-order chi connectivity index (χ1) is 15.8. The lowest BCUT2D eigenvalue weighted by molar-refractivity contribution is -0.134. The fourth-order valence-electron chi connectivity index (χ4n) is 3.59. The van der Waals surface area contributed by atoms with Crippen molar-refractivity contribution in [2.45, 2.75) is 19.0 Å². The summed E-state index contributed by atoms with van der Waals surface area (Å²) < 4.78 is 10.9. The molecular weight excluding hydrogens is 446 g/mol. The third-order valence-electron chi connectivity index (χ3n) is 5.49. The van der Waals surface area contributed by atoms with Crippen LogP contribution in [0.2, 0.25) is 5.02 Å². The SMILES string of the molecule is COc1ccc(C2(C)NC(=O)N(CC(=O)NCc3ccc(-c4ccc(Cl)cc4)o3)C2=O)cc1. The number of methoxy groups -OCH3 is 1. The number of imide groups is 1. The number of ether oxygens (including phenoxy) is 1. The van der Waals surface area contributed by atoms with Gasteiger partial charge in [0.15, 0.2) is 0 Å². The second-order valence-electron chi connectivity index (χ2n) is 7.72. The molecule has 0 radical (unpaired) electrons. The van der Waals surface area contributed by atoms with Crippen LogP contribution in [0, 0.1) is 0 Å². The van der Waals surface area contributed by atoms with Gasteiger partial charge in [0.1, 0.15) is 29.4 Å². The van der Waals surface area contributed by atoms with Crippen molar-refractivity contribution < 1.29 is 23.5 Å². The second-order valence-corrected chi connectivity index (χ2v) is 8.16. The Labute approximate surface area is 195 Å². The first-order valence-electron chi connectivity index (χ1n) is 10.2. The molecule has 2 aromatic carbocycles. The van der Waals surface area contributed by atoms with Crippen molar-refractivity contribution in [3.05, 3.63) is 77.0 Å². The van der Waals surface area contributed by atoms with E-state index in [1.165, 1.54) is 0 Å². The van der Waals surface area contributed by atoms with E-state index < -0.39 is 29.9 Å². The number of amides is 4. The van der Waals surface area contributed by atoms with Crippen molar-refractivity contribution in [3.8, 4) is 17.1 Å². The minimum Gasteiger partial charge on any atom is -0.497 e. The van der Waals surface area contributed by atoms with E-state index in [2.05, 4.69) is 10.6 Å². The molecule has 1 unspecified atom stereocenters. The summed E-state index contributed by atoms with van der Waals surface area (Å²) in [6, 6.07) is 16.9. The minimum atomic E-state index is -1.27. The van der Waals surface area contributed by atoms with Crippen LogP contribution < -0.4 is 15.4 Å². The largest absolute Gasteiger partial charge is 0.497 e. The molecular formula is C24H22ClN3O5. The summed E-state index contributed by atoms with van der Waals surface area (Å²) in [5.41, 5.74) is 0.182. The fourth-order valence-corrected chi connectivity index (χ4v) is 3.71. The van der Waals surface area contributed by atoms with E-state index in [0.717, 1.165) is 10.5 Å². The van der Waals surface area contributed by atoms with Crippen LogP contribution in [-0.4, -0.2) is 36.4 Å². The maximum atomic E-state index is 13.0. The van der Waals surface area contributed by atoms with Crippen LogP contribution in [0.1, 0.15) is 18.2 Å². The van der Waals surface area contributed by atoms with Gasteiger partial charge in [-0.2, -0.15) is 0 Å². The predicted octanol–water partition coefficient (Wildman–Crippen LogP) is 3.69. The highest BCUT2D eigenvalue weighted by Gasteiger charge is 2.49. The van der Waals surface area contributed by atoms with Crippen molar-refractivity contribution in [3.63, 3.8) is 0 Å². The molecule has 0 bridgehead atoms. The standard InChI is InChI=1S/C24H22ClN3O5/c1-24(16-5-9-18(32-2)10-6-16)22(30)28(23(31)27-24)14-21(29)26-13-19-11-12-20(33-19)15-3-7-17(25)8-4-15/h3-12H,13-14H2,1-2H3,(H,26,29)(H,27,31). The summed E-state index contributed by atoms with van der Waals surface area (Å²) in [6.45, 7) is 1.32. The summed E-state index contributed by atoms with van der Waals surface area (Å²) in [4.78, 5) is 38.8. The average molecular weight is 468 g/mol. The lowest BCUT2D eigenvalue weighted by Crippen LogP contribution is -2.43. The molecule has 0 aliphatic carbocycles. The van der Waals surface area contributed by atoms with E-state index in [1.807, 2.05) is 12.1 Å². The molecule has 0 saturated carbocycles. The van der Waals surface area contributed by atoms with Gasteiger partial charge in [-0.3, -0.25) is 14.5 Å². The minimum absolute atomic E-state index is 0.117. The molecule has 2 heterocycles. The van der Waals surface area contributed by atoms with Gasteiger partial charge < -0.3 is 19.8 Å². The highest BCUT2D eigenvalue weighted by atomic mass is 35.5. The predicted molar refractivity (Wildman–Crippen MR) is 122 cm³/mol. The fraction of sp³-hybridized carbons (Fsp3) is 0.208. The normalized spacial score (nSPS) is 17.7. The number of furan rings is 1. The lowest BCUT2D eigenvalue weighted by Gasteiger charge is -2.22. The van der Waals surface area contributed by atoms with Gasteiger partial charge in [-0.25, -0.2) is 4.79 Å². The zero-order chi connectivity index (χ0) is 23.6. The Morgan fingerprint density at radius 2 is 1.79 bits per heavy atom. The Hall–Kier alpha value is -3.78. The first kappa shape index (κ1) is 22.4. The van der Waals surface area contributed by atoms with Crippen LogP contribution >= 0.6 is 11.6 Å². The summed E-state index contributed by atoms with van der Waals surface area (Å²) in [7, 11) is 1.54. The van der Waals surface area contributed by atoms with E-state index in [0.29, 0.717) is 27.9 Å². The molecule has 1 fully saturated rings. The van der Waals surface area contributed by atoms with Gasteiger partial charge in [0.25, 0.3) is 5.91 Å². The topological polar surface area (TPSA) is 101 Å². The van der Waals surface area contributed by atoms with E-state index in [-0.39, 0.29) is 6.54 Å². The molecule has 2 N–H and O–H groups in total. The zero-order valence-electron chi connectivity index (χ0n) is 18.1. The van der Waals surface area contributed by atoms with Crippen molar-refractivity contribution in [1.82, 2.24) is 15.5 Å². The number of benzene rings is 2. The van der Waals surface area contributed by atoms with Gasteiger partial charge in [-0.1, -0.05) is 23.7 Å². The Balaban J connectivity index is 1.37. The van der Waals surface area contributed by atoms with Crippen LogP contribution in [0.5, 0.6) is 5.75 Å². The Morgan fingerprint density at radius 1 is 1.09 bits per heavy atom. The Kier molecular flexibility index (Phi) is 6.11. The quantitative estimate of drug-likeness (QED) is 0.516. The third-order valence-corrected chi connectivity index (χ3v) is 5.75. The summed E-state index contributed by atoms with van der Waals surface area (Å²) >= 11 is 5.90. The average Bonchev–Trinajstić information content (AvgIpc) is 3.37. The van der Waals surface area contributed by atoms with E-state index >= 15 is 0 Å². The van der Waals surface area contributed by atoms with Crippen molar-refractivity contribution >= 4 is 29.4 Å². The van der Waals surface area contributed by atoms with Gasteiger partial charge in [0.2, 0.25) is 5.91 Å². The zero-order valence-corrected chi connectivity index (χ0v) is 18.8. The summed E-state index contributed by atoms with van der Waals surface area (Å²) in [5, 5.41) is 5.98. The number of hydrogen-bond donors (Lipinski definition) is 2. The molecule has 1 saturated heterocycles. The third kappa shape index (κ3) is 4.56. The van der Waals surface area contributed by atoms with E-state index in [4.69, 9.17) is 20.8 Å². The van der Waals surface area contributed by atoms with Gasteiger partial charge in [0, 0.05) is 10.6 Å². The van der Waals surface area contributed by atoms with Gasteiger partial charge >= 0.3 is 6.03 Å². The van der Waals surface area contributed by atoms with Crippen LogP contribution in [0.4, 0.5) is 4.79 Å².